The second-order valence-electron chi connectivity index (χ2n) is 11.5. The van der Waals surface area contributed by atoms with Gasteiger partial charge in [0.25, 0.3) is 0 Å². The van der Waals surface area contributed by atoms with Crippen molar-refractivity contribution in [2.24, 2.45) is 0 Å². The van der Waals surface area contributed by atoms with Crippen LogP contribution in [0.1, 0.15) is 37.1 Å². The van der Waals surface area contributed by atoms with Gasteiger partial charge < -0.3 is 24.2 Å². The van der Waals surface area contributed by atoms with E-state index < -0.39 is 0 Å². The first kappa shape index (κ1) is 33.9. The van der Waals surface area contributed by atoms with Crippen molar-refractivity contribution in [1.29, 1.82) is 0 Å². The van der Waals surface area contributed by atoms with E-state index in [1.165, 1.54) is 22.9 Å². The first-order valence-electron chi connectivity index (χ1n) is 14.8. The number of H-pyrrole nitrogens is 1. The number of aromatic amines is 1. The summed E-state index contributed by atoms with van der Waals surface area (Å²) in [7, 11) is 0. The largest absolute Gasteiger partial charge is 0.463 e. The van der Waals surface area contributed by atoms with Crippen LogP contribution >= 0.6 is 27.0 Å². The molecular weight excluding hydrogens is 597 g/mol. The Morgan fingerprint density at radius 2 is 1.98 bits per heavy atom. The Bertz CT molecular complexity index is 1460. The number of piperazine rings is 1. The summed E-state index contributed by atoms with van der Waals surface area (Å²) < 4.78 is 12.0. The van der Waals surface area contributed by atoms with Crippen LogP contribution in [0.2, 0.25) is 0 Å². The van der Waals surface area contributed by atoms with Crippen molar-refractivity contribution in [2.75, 3.05) is 68.8 Å². The van der Waals surface area contributed by atoms with E-state index in [2.05, 4.69) is 50.5 Å². The van der Waals surface area contributed by atoms with Crippen LogP contribution < -0.4 is 14.5 Å². The van der Waals surface area contributed by atoms with Crippen molar-refractivity contribution in [3.05, 3.63) is 47.8 Å². The summed E-state index contributed by atoms with van der Waals surface area (Å²) in [6, 6.07) is 5.23. The van der Waals surface area contributed by atoms with Gasteiger partial charge in [0.05, 0.1) is 49.0 Å². The van der Waals surface area contributed by atoms with Crippen LogP contribution in [0.3, 0.4) is 0 Å². The van der Waals surface area contributed by atoms with Gasteiger partial charge in [-0.25, -0.2) is 0 Å². The second kappa shape index (κ2) is 14.4. The number of aryl methyl sites for hydroxylation is 1. The lowest BCUT2D eigenvalue weighted by molar-refractivity contribution is -0.126. The van der Waals surface area contributed by atoms with Gasteiger partial charge in [0, 0.05) is 62.8 Å². The first-order valence-corrected chi connectivity index (χ1v) is 14.8. The summed E-state index contributed by atoms with van der Waals surface area (Å²) in [4.78, 5) is 31.2. The third-order valence-corrected chi connectivity index (χ3v) is 9.04. The summed E-state index contributed by atoms with van der Waals surface area (Å²) in [6.07, 6.45) is 6.64. The molecule has 3 fully saturated rings. The quantitative estimate of drug-likeness (QED) is 0.293. The third-order valence-electron chi connectivity index (χ3n) is 9.04. The van der Waals surface area contributed by atoms with Gasteiger partial charge >= 0.3 is 6.01 Å². The number of carbonyl (C=O) groups is 1. The number of nitrogens with one attached hydrogen (secondary N) is 1. The van der Waals surface area contributed by atoms with Crippen LogP contribution in [-0.2, 0) is 22.5 Å². The van der Waals surface area contributed by atoms with E-state index in [-0.39, 0.29) is 40.3 Å². The number of benzene rings is 1. The highest BCUT2D eigenvalue weighted by atomic mass is 32.1. The zero-order valence-electron chi connectivity index (χ0n) is 24.7. The molecule has 3 saturated heterocycles. The Hall–Kier alpha value is -3.00. The van der Waals surface area contributed by atoms with E-state index in [0.29, 0.717) is 44.4 Å². The fourth-order valence-corrected chi connectivity index (χ4v) is 6.89. The molecule has 4 aliphatic rings. The third kappa shape index (κ3) is 6.51. The van der Waals surface area contributed by atoms with Crippen LogP contribution in [0.4, 0.5) is 11.5 Å². The van der Waals surface area contributed by atoms with Crippen molar-refractivity contribution in [1.82, 2.24) is 30.0 Å². The maximum atomic E-state index is 12.2. The molecule has 13 heteroatoms. The standard InChI is InChI=1S/C30H38N8O3.CH4.2H2S/c1-3-27(39)35-10-12-36(13-11-35)29-23-7-9-38(28-20(2)5-6-25-24(28)16-31-34-25)18-26(23)32-30(33-29)40-14-4-8-37-17-22-15-21(37)19-41-22;;;/h3,5-6,16,21-22H,1,4,7-15,17-19H2,2H3,(H,31,34);1H4;2*1H2/t21-,22-;;;/m0.../s1. The molecule has 1 aromatic carbocycles. The van der Waals surface area contributed by atoms with Gasteiger partial charge in [0.15, 0.2) is 0 Å². The summed E-state index contributed by atoms with van der Waals surface area (Å²) in [5.74, 6) is 0.929. The number of hydrogen-bond donors (Lipinski definition) is 1. The molecule has 0 spiro atoms. The van der Waals surface area contributed by atoms with Crippen LogP contribution in [0.5, 0.6) is 6.01 Å². The Balaban J connectivity index is 0.00000147. The molecule has 1 amide bonds. The van der Waals surface area contributed by atoms with Gasteiger partial charge in [-0.1, -0.05) is 20.1 Å². The number of carbonyl (C=O) groups excluding carboxylic acids is 1. The number of ether oxygens (including phenoxy) is 2. The summed E-state index contributed by atoms with van der Waals surface area (Å²) in [5, 5.41) is 8.52. The smallest absolute Gasteiger partial charge is 0.318 e. The van der Waals surface area contributed by atoms with Gasteiger partial charge in [-0.3, -0.25) is 14.8 Å². The lowest BCUT2D eigenvalue weighted by Crippen LogP contribution is -2.49. The minimum Gasteiger partial charge on any atom is -0.463 e. The number of anilines is 2. The monoisotopic (exact) mass is 642 g/mol. The van der Waals surface area contributed by atoms with Gasteiger partial charge in [-0.15, -0.1) is 0 Å². The fraction of sp³-hybridized carbons (Fsp3) is 0.548. The molecule has 3 aromatic rings. The first-order chi connectivity index (χ1) is 20.1. The number of morpholine rings is 1. The Labute approximate surface area is 273 Å². The molecule has 0 radical (unpaired) electrons. The van der Waals surface area contributed by atoms with Gasteiger partial charge in [-0.05, 0) is 43.9 Å². The predicted molar refractivity (Wildman–Crippen MR) is 184 cm³/mol. The van der Waals surface area contributed by atoms with Crippen LogP contribution in [-0.4, -0.2) is 107 Å². The SMILES string of the molecule is C.C=CC(=O)N1CCN(c2nc(OCCCN3C[C@@H]4C[C@H]3CO4)nc3c2CCN(c2c(C)ccc4[nH]ncc24)C3)CC1.S.S. The minimum atomic E-state index is -0.0180. The van der Waals surface area contributed by atoms with Gasteiger partial charge in [-0.2, -0.15) is 42.1 Å². The molecule has 7 rings (SSSR count). The molecule has 2 aromatic heterocycles. The number of nitrogens with zero attached hydrogens (tertiary/aromatic N) is 7. The van der Waals surface area contributed by atoms with Crippen molar-refractivity contribution < 1.29 is 14.3 Å². The highest BCUT2D eigenvalue weighted by Crippen LogP contribution is 2.36. The molecule has 44 heavy (non-hydrogen) atoms. The van der Waals surface area contributed by atoms with E-state index in [1.807, 2.05) is 11.1 Å². The summed E-state index contributed by atoms with van der Waals surface area (Å²) in [5.41, 5.74) is 5.65. The molecule has 4 aliphatic heterocycles. The average molecular weight is 643 g/mol. The van der Waals surface area contributed by atoms with E-state index in [9.17, 15) is 4.79 Å². The van der Waals surface area contributed by atoms with Crippen molar-refractivity contribution in [2.45, 2.75) is 52.3 Å². The summed E-state index contributed by atoms with van der Waals surface area (Å²) >= 11 is 0. The highest BCUT2D eigenvalue weighted by Gasteiger charge is 2.38. The molecule has 11 nitrogen and oxygen atoms in total. The number of likely N-dealkylation sites (tertiary alicyclic amines) is 1. The zero-order chi connectivity index (χ0) is 27.9. The van der Waals surface area contributed by atoms with Crippen LogP contribution in [0, 0.1) is 6.92 Å². The van der Waals surface area contributed by atoms with Gasteiger partial charge in [0.1, 0.15) is 5.82 Å². The number of rotatable bonds is 8. The lowest BCUT2D eigenvalue weighted by atomic mass is 10.0. The van der Waals surface area contributed by atoms with Crippen LogP contribution in [0.15, 0.2) is 31.0 Å². The normalized spacial score (nSPS) is 20.9. The second-order valence-corrected chi connectivity index (χ2v) is 11.5. The van der Waals surface area contributed by atoms with E-state index >= 15 is 0 Å². The summed E-state index contributed by atoms with van der Waals surface area (Å²) in [6.45, 7) is 13.6. The van der Waals surface area contributed by atoms with Crippen molar-refractivity contribution in [3.8, 4) is 6.01 Å². The molecular formula is C31H46N8O3S2. The average Bonchev–Trinajstić information content (AvgIpc) is 3.76. The molecule has 2 bridgehead atoms. The molecule has 240 valence electrons. The molecule has 0 unspecified atom stereocenters. The Morgan fingerprint density at radius 1 is 1.16 bits per heavy atom. The van der Waals surface area contributed by atoms with Crippen molar-refractivity contribution in [3.63, 3.8) is 0 Å². The fourth-order valence-electron chi connectivity index (χ4n) is 6.89. The zero-order valence-corrected chi connectivity index (χ0v) is 26.7. The topological polar surface area (TPSA) is 103 Å². The maximum absolute atomic E-state index is 12.2. The molecule has 0 saturated carbocycles. The predicted octanol–water partition coefficient (Wildman–Crippen LogP) is 3.16. The Kier molecular flexibility index (Phi) is 11.1. The van der Waals surface area contributed by atoms with Crippen LogP contribution in [0.25, 0.3) is 10.9 Å². The molecule has 6 heterocycles. The molecule has 0 aliphatic carbocycles. The number of fused-ring (bicyclic) bond motifs is 4. The Morgan fingerprint density at radius 3 is 2.70 bits per heavy atom. The lowest BCUT2D eigenvalue weighted by Gasteiger charge is -2.38. The van der Waals surface area contributed by atoms with Crippen molar-refractivity contribution >= 4 is 55.3 Å². The molecule has 2 atom stereocenters. The molecule has 1 N–H and O–H groups in total. The van der Waals surface area contributed by atoms with E-state index in [4.69, 9.17) is 19.4 Å². The van der Waals surface area contributed by atoms with E-state index in [1.54, 1.807) is 0 Å². The highest BCUT2D eigenvalue weighted by molar-refractivity contribution is 7.59. The minimum absolute atomic E-state index is 0. The number of aromatic nitrogens is 4. The van der Waals surface area contributed by atoms with Gasteiger partial charge in [0.2, 0.25) is 5.91 Å². The number of amides is 1. The maximum Gasteiger partial charge on any atom is 0.318 e. The van der Waals surface area contributed by atoms with E-state index in [0.717, 1.165) is 81.0 Å². The number of hydrogen-bond acceptors (Lipinski definition) is 9.